The van der Waals surface area contributed by atoms with Gasteiger partial charge in [0.25, 0.3) is 11.5 Å². The normalized spacial score (nSPS) is 13.2. The van der Waals surface area contributed by atoms with Crippen LogP contribution in [0.2, 0.25) is 0 Å². The van der Waals surface area contributed by atoms with E-state index in [1.54, 1.807) is 9.47 Å². The number of hydrogen-bond donors (Lipinski definition) is 6. The van der Waals surface area contributed by atoms with E-state index in [9.17, 15) is 28.6 Å². The first-order valence-corrected chi connectivity index (χ1v) is 19.6. The number of carbonyl (C=O) groups excluding carboxylic acids is 3. The zero-order valence-electron chi connectivity index (χ0n) is 33.3. The second-order valence-corrected chi connectivity index (χ2v) is 16.7. The molecule has 4 rings (SSSR count). The van der Waals surface area contributed by atoms with Crippen molar-refractivity contribution in [2.75, 3.05) is 113 Å². The third kappa shape index (κ3) is 14.1. The van der Waals surface area contributed by atoms with Gasteiger partial charge < -0.3 is 44.7 Å². The van der Waals surface area contributed by atoms with E-state index in [-0.39, 0.29) is 87.7 Å². The molecule has 0 spiro atoms. The van der Waals surface area contributed by atoms with Crippen LogP contribution in [0.1, 0.15) is 12.8 Å². The predicted octanol–water partition coefficient (Wildman–Crippen LogP) is -2.27. The second-order valence-electron chi connectivity index (χ2n) is 15.3. The molecule has 0 radical (unpaired) electrons. The Balaban J connectivity index is 1.41. The molecule has 24 nitrogen and oxygen atoms in total. The molecular weight excluding hydrogens is 767 g/mol. The number of anilines is 2. The molecule has 0 saturated heterocycles. The van der Waals surface area contributed by atoms with E-state index in [0.29, 0.717) is 39.6 Å². The fraction of sp³-hybridized carbons (Fsp3) is 0.594. The molecule has 0 aliphatic rings. The van der Waals surface area contributed by atoms with Gasteiger partial charge in [-0.2, -0.15) is 4.98 Å². The number of aromatic nitrogens is 8. The number of nitrogens with zero attached hydrogens (tertiary/aromatic N) is 11. The summed E-state index contributed by atoms with van der Waals surface area (Å²) < 4.78 is 26.3. The molecule has 25 heteroatoms. The number of phosphoric ester groups is 1. The highest BCUT2D eigenvalue weighted by atomic mass is 31.2. The van der Waals surface area contributed by atoms with Gasteiger partial charge in [0.1, 0.15) is 38.1 Å². The van der Waals surface area contributed by atoms with Crippen LogP contribution in [0.3, 0.4) is 0 Å². The van der Waals surface area contributed by atoms with Crippen molar-refractivity contribution in [2.24, 2.45) is 0 Å². The van der Waals surface area contributed by atoms with Crippen molar-refractivity contribution in [2.45, 2.75) is 25.9 Å². The average molecular weight is 823 g/mol. The van der Waals surface area contributed by atoms with Crippen molar-refractivity contribution in [3.05, 3.63) is 29.3 Å². The molecule has 0 saturated carbocycles. The topological polar surface area (TPSA) is 297 Å². The highest BCUT2D eigenvalue weighted by Gasteiger charge is 2.24. The van der Waals surface area contributed by atoms with E-state index >= 15 is 0 Å². The summed E-state index contributed by atoms with van der Waals surface area (Å²) in [5, 5.41) is 3.95. The number of fused-ring (bicyclic) bond motifs is 2. The van der Waals surface area contributed by atoms with Crippen LogP contribution in [0.4, 0.5) is 11.8 Å². The molecule has 0 bridgehead atoms. The molecule has 4 heterocycles. The Kier molecular flexibility index (Phi) is 15.2. The van der Waals surface area contributed by atoms with E-state index in [1.165, 1.54) is 28.6 Å². The Morgan fingerprint density at radius 3 is 2.21 bits per heavy atom. The number of likely N-dealkylation sites (N-methyl/N-ethyl adjacent to an activating group) is 1. The quantitative estimate of drug-likeness (QED) is 0.0261. The maximum Gasteiger partial charge on any atom is 0.472 e. The molecular formula is C32H55N16O8P+2. The summed E-state index contributed by atoms with van der Waals surface area (Å²) in [6.07, 6.45) is 4.53. The van der Waals surface area contributed by atoms with E-state index < -0.39 is 25.2 Å². The number of imidazole rings is 2. The summed E-state index contributed by atoms with van der Waals surface area (Å²) in [6, 6.07) is 0. The number of hydrazine groups is 1. The van der Waals surface area contributed by atoms with E-state index in [4.69, 9.17) is 20.5 Å². The van der Waals surface area contributed by atoms with Gasteiger partial charge in [0, 0.05) is 32.6 Å². The van der Waals surface area contributed by atoms with E-state index in [2.05, 4.69) is 61.8 Å². The summed E-state index contributed by atoms with van der Waals surface area (Å²) in [4.78, 5) is 87.0. The van der Waals surface area contributed by atoms with Gasteiger partial charge in [-0.05, 0) is 0 Å². The smallest absolute Gasteiger partial charge is 0.382 e. The Morgan fingerprint density at radius 1 is 0.860 bits per heavy atom. The van der Waals surface area contributed by atoms with Crippen molar-refractivity contribution in [1.29, 1.82) is 0 Å². The summed E-state index contributed by atoms with van der Waals surface area (Å²) in [5.41, 5.74) is 15.1. The van der Waals surface area contributed by atoms with Crippen LogP contribution in [0.5, 0.6) is 0 Å². The first kappa shape index (κ1) is 44.6. The molecule has 57 heavy (non-hydrogen) atoms. The molecule has 1 atom stereocenters. The summed E-state index contributed by atoms with van der Waals surface area (Å²) in [6.45, 7) is 1.24. The van der Waals surface area contributed by atoms with Crippen LogP contribution >= 0.6 is 7.82 Å². The van der Waals surface area contributed by atoms with Crippen LogP contribution in [-0.2, 0) is 41.1 Å². The first-order valence-electron chi connectivity index (χ1n) is 18.1. The van der Waals surface area contributed by atoms with Gasteiger partial charge in [-0.25, -0.2) is 29.9 Å². The average Bonchev–Trinajstić information content (AvgIpc) is 3.70. The zero-order chi connectivity index (χ0) is 42.0. The lowest BCUT2D eigenvalue weighted by Gasteiger charge is -2.29. The van der Waals surface area contributed by atoms with Gasteiger partial charge in [0.05, 0.1) is 81.1 Å². The van der Waals surface area contributed by atoms with Gasteiger partial charge >= 0.3 is 7.82 Å². The Morgan fingerprint density at radius 2 is 1.51 bits per heavy atom. The molecule has 8 N–H and O–H groups in total. The highest BCUT2D eigenvalue weighted by Crippen LogP contribution is 2.43. The van der Waals surface area contributed by atoms with Gasteiger partial charge in [-0.15, -0.1) is 0 Å². The number of phosphoric acid groups is 1. The molecule has 0 fully saturated rings. The van der Waals surface area contributed by atoms with Gasteiger partial charge in [0.2, 0.25) is 17.8 Å². The molecule has 0 aliphatic heterocycles. The maximum absolute atomic E-state index is 13.7. The second kappa shape index (κ2) is 19.4. The van der Waals surface area contributed by atoms with E-state index in [1.807, 2.05) is 21.1 Å². The molecule has 4 aromatic rings. The number of H-pyrrole nitrogens is 1. The lowest BCUT2D eigenvalue weighted by molar-refractivity contribution is -0.870. The lowest BCUT2D eigenvalue weighted by Crippen LogP contribution is -2.51. The predicted molar refractivity (Wildman–Crippen MR) is 208 cm³/mol. The van der Waals surface area contributed by atoms with Gasteiger partial charge in [-0.3, -0.25) is 38.2 Å². The minimum absolute atomic E-state index is 0.0000377. The highest BCUT2D eigenvalue weighted by molar-refractivity contribution is 7.47. The molecule has 3 amide bonds. The lowest BCUT2D eigenvalue weighted by atomic mass is 10.3. The number of amides is 3. The summed E-state index contributed by atoms with van der Waals surface area (Å²) >= 11 is 0. The van der Waals surface area contributed by atoms with Crippen LogP contribution in [0, 0.1) is 0 Å². The number of aromatic amines is 1. The zero-order valence-corrected chi connectivity index (χ0v) is 34.1. The van der Waals surface area contributed by atoms with Crippen LogP contribution in [0.25, 0.3) is 22.3 Å². The third-order valence-corrected chi connectivity index (χ3v) is 9.40. The van der Waals surface area contributed by atoms with Gasteiger partial charge in [0.15, 0.2) is 22.6 Å². The van der Waals surface area contributed by atoms with Crippen LogP contribution in [0.15, 0.2) is 23.8 Å². The van der Waals surface area contributed by atoms with Crippen LogP contribution < -0.4 is 27.8 Å². The number of hydrogen-bond acceptors (Lipinski definition) is 15. The number of nitrogens with one attached hydrogen (secondary N) is 3. The van der Waals surface area contributed by atoms with Crippen LogP contribution in [-0.4, -0.2) is 182 Å². The minimum Gasteiger partial charge on any atom is -0.382 e. The number of carbonyl (C=O) groups is 3. The van der Waals surface area contributed by atoms with Crippen molar-refractivity contribution in [3.63, 3.8) is 0 Å². The van der Waals surface area contributed by atoms with Crippen molar-refractivity contribution in [3.8, 4) is 0 Å². The Labute approximate surface area is 328 Å². The van der Waals surface area contributed by atoms with Crippen molar-refractivity contribution in [1.82, 2.24) is 59.7 Å². The molecule has 314 valence electrons. The third-order valence-electron chi connectivity index (χ3n) is 8.39. The number of quaternary nitrogens is 2. The maximum atomic E-state index is 13.7. The Bertz CT molecular complexity index is 2110. The number of nitrogens with two attached hydrogens (primary N) is 2. The summed E-state index contributed by atoms with van der Waals surface area (Å²) in [7, 11) is 7.53. The standard InChI is InChI=1S/C32H53N16O8P/c1-47(2,3)14-7-11-43(24(50)18-44-21-38-26-28(33)36-20-37-29(26)44)12-10-40-46(25(51)19-45-22-39-27-30(45)41-32(34)42-31(27)52)13-9-35-23(49)8-16-55-57(53,54)56-17-15-48(4,5)6/h20-22,40H,7-19H2,1-6H3,(H5-2,33,34,35,36,37,41,42,49,52,53,54)/p+2. The Hall–Kier alpha value is -5.10. The molecule has 0 aliphatic carbocycles. The van der Waals surface area contributed by atoms with Crippen molar-refractivity contribution >= 4 is 59.6 Å². The summed E-state index contributed by atoms with van der Waals surface area (Å²) in [5.74, 6) is -1.14. The molecule has 1 unspecified atom stereocenters. The number of rotatable bonds is 23. The fourth-order valence-electron chi connectivity index (χ4n) is 5.40. The van der Waals surface area contributed by atoms with Crippen molar-refractivity contribution < 1.29 is 41.9 Å². The van der Waals surface area contributed by atoms with Gasteiger partial charge in [-0.1, -0.05) is 0 Å². The number of nitrogen functional groups attached to an aromatic ring is 2. The fourth-order valence-corrected chi connectivity index (χ4v) is 6.11. The SMILES string of the molecule is C[N+](C)(C)CCCN(CCNN(CCNC(=O)CCOP(=O)(O)OCC[N+](C)(C)C)C(=O)Cn1cnc2c(=O)[nH]c(N)nc21)C(=O)Cn1cnc2c(N)ncnc21. The molecule has 4 aromatic heterocycles. The molecule has 0 aromatic carbocycles. The monoisotopic (exact) mass is 822 g/mol. The first-order chi connectivity index (χ1) is 26.7. The van der Waals surface area contributed by atoms with E-state index in [0.717, 1.165) is 6.54 Å². The minimum atomic E-state index is -4.35. The largest absolute Gasteiger partial charge is 0.472 e.